The second-order valence-corrected chi connectivity index (χ2v) is 5.12. The zero-order valence-corrected chi connectivity index (χ0v) is 11.6. The SMILES string of the molecule is Cc1cc(C)cc(-c2nnc(Cl)c3ccccc23)c1. The number of hydrogen-bond donors (Lipinski definition) is 0. The molecule has 0 aliphatic heterocycles. The molecule has 3 heteroatoms. The van der Waals surface area contributed by atoms with Crippen LogP contribution in [0.4, 0.5) is 0 Å². The Bertz CT molecular complexity index is 746. The maximum atomic E-state index is 6.11. The van der Waals surface area contributed by atoms with E-state index in [0.29, 0.717) is 5.15 Å². The van der Waals surface area contributed by atoms with Crippen molar-refractivity contribution >= 4 is 22.4 Å². The molecule has 0 N–H and O–H groups in total. The zero-order valence-electron chi connectivity index (χ0n) is 10.8. The van der Waals surface area contributed by atoms with E-state index in [9.17, 15) is 0 Å². The van der Waals surface area contributed by atoms with Gasteiger partial charge in [0.2, 0.25) is 0 Å². The van der Waals surface area contributed by atoms with Crippen LogP contribution in [0.3, 0.4) is 0 Å². The van der Waals surface area contributed by atoms with Crippen molar-refractivity contribution in [2.24, 2.45) is 0 Å². The van der Waals surface area contributed by atoms with Gasteiger partial charge in [-0.15, -0.1) is 10.2 Å². The van der Waals surface area contributed by atoms with Gasteiger partial charge in [0.25, 0.3) is 0 Å². The quantitative estimate of drug-likeness (QED) is 0.646. The molecule has 19 heavy (non-hydrogen) atoms. The van der Waals surface area contributed by atoms with Crippen LogP contribution in [0.5, 0.6) is 0 Å². The van der Waals surface area contributed by atoms with Crippen LogP contribution in [0.1, 0.15) is 11.1 Å². The third kappa shape index (κ3) is 2.20. The molecular formula is C16H13ClN2. The van der Waals surface area contributed by atoms with Crippen molar-refractivity contribution in [1.29, 1.82) is 0 Å². The van der Waals surface area contributed by atoms with Gasteiger partial charge in [-0.3, -0.25) is 0 Å². The van der Waals surface area contributed by atoms with Crippen LogP contribution in [0.25, 0.3) is 22.0 Å². The van der Waals surface area contributed by atoms with Gasteiger partial charge in [-0.2, -0.15) is 0 Å². The molecule has 0 atom stereocenters. The standard InChI is InChI=1S/C16H13ClN2/c1-10-7-11(2)9-12(8-10)15-13-5-3-4-6-14(13)16(17)19-18-15/h3-9H,1-2H3. The van der Waals surface area contributed by atoms with Gasteiger partial charge >= 0.3 is 0 Å². The fraction of sp³-hybridized carbons (Fsp3) is 0.125. The minimum Gasteiger partial charge on any atom is -0.148 e. The Labute approximate surface area is 117 Å². The van der Waals surface area contributed by atoms with Crippen molar-refractivity contribution in [2.45, 2.75) is 13.8 Å². The molecule has 0 bridgehead atoms. The van der Waals surface area contributed by atoms with Crippen LogP contribution in [-0.4, -0.2) is 10.2 Å². The monoisotopic (exact) mass is 268 g/mol. The van der Waals surface area contributed by atoms with Gasteiger partial charge in [-0.1, -0.05) is 53.1 Å². The van der Waals surface area contributed by atoms with E-state index in [1.165, 1.54) is 11.1 Å². The molecule has 0 amide bonds. The Morgan fingerprint density at radius 3 is 2.16 bits per heavy atom. The molecule has 94 valence electrons. The largest absolute Gasteiger partial charge is 0.159 e. The lowest BCUT2D eigenvalue weighted by molar-refractivity contribution is 1.06. The van der Waals surface area contributed by atoms with Gasteiger partial charge in [-0.05, 0) is 26.0 Å². The highest BCUT2D eigenvalue weighted by Crippen LogP contribution is 2.30. The first-order valence-corrected chi connectivity index (χ1v) is 6.52. The van der Waals surface area contributed by atoms with Crippen molar-refractivity contribution in [3.05, 3.63) is 58.7 Å². The number of aromatic nitrogens is 2. The molecule has 0 fully saturated rings. The van der Waals surface area contributed by atoms with E-state index in [2.05, 4.69) is 42.2 Å². The Balaban J connectivity index is 2.34. The average Bonchev–Trinajstić information content (AvgIpc) is 2.38. The molecule has 0 aliphatic rings. The summed E-state index contributed by atoms with van der Waals surface area (Å²) in [4.78, 5) is 0. The highest BCUT2D eigenvalue weighted by atomic mass is 35.5. The van der Waals surface area contributed by atoms with Crippen LogP contribution in [0.2, 0.25) is 5.15 Å². The average molecular weight is 269 g/mol. The van der Waals surface area contributed by atoms with Crippen LogP contribution in [0, 0.1) is 13.8 Å². The molecular weight excluding hydrogens is 256 g/mol. The number of benzene rings is 2. The van der Waals surface area contributed by atoms with E-state index in [1.54, 1.807) is 0 Å². The summed E-state index contributed by atoms with van der Waals surface area (Å²) in [7, 11) is 0. The van der Waals surface area contributed by atoms with Crippen molar-refractivity contribution in [2.75, 3.05) is 0 Å². The lowest BCUT2D eigenvalue weighted by Crippen LogP contribution is -1.92. The van der Waals surface area contributed by atoms with Crippen molar-refractivity contribution in [1.82, 2.24) is 10.2 Å². The second kappa shape index (κ2) is 4.63. The molecule has 2 nitrogen and oxygen atoms in total. The highest BCUT2D eigenvalue weighted by molar-refractivity contribution is 6.34. The van der Waals surface area contributed by atoms with E-state index in [1.807, 2.05) is 24.3 Å². The number of fused-ring (bicyclic) bond motifs is 1. The third-order valence-corrected chi connectivity index (χ3v) is 3.42. The number of aryl methyl sites for hydroxylation is 2. The Hall–Kier alpha value is -1.93. The number of rotatable bonds is 1. The molecule has 1 heterocycles. The predicted molar refractivity (Wildman–Crippen MR) is 79.5 cm³/mol. The van der Waals surface area contributed by atoms with Crippen LogP contribution >= 0.6 is 11.6 Å². The van der Waals surface area contributed by atoms with Crippen LogP contribution in [-0.2, 0) is 0 Å². The smallest absolute Gasteiger partial charge is 0.148 e. The molecule has 3 rings (SSSR count). The fourth-order valence-electron chi connectivity index (χ4n) is 2.40. The van der Waals surface area contributed by atoms with E-state index in [-0.39, 0.29) is 0 Å². The Kier molecular flexibility index (Phi) is 2.96. The fourth-order valence-corrected chi connectivity index (χ4v) is 2.60. The molecule has 0 saturated heterocycles. The molecule has 0 aliphatic carbocycles. The molecule has 1 aromatic heterocycles. The minimum absolute atomic E-state index is 0.448. The number of hydrogen-bond acceptors (Lipinski definition) is 2. The molecule has 0 radical (unpaired) electrons. The maximum absolute atomic E-state index is 6.11. The molecule has 2 aromatic carbocycles. The lowest BCUT2D eigenvalue weighted by Gasteiger charge is -2.08. The van der Waals surface area contributed by atoms with E-state index in [0.717, 1.165) is 22.0 Å². The van der Waals surface area contributed by atoms with Gasteiger partial charge < -0.3 is 0 Å². The summed E-state index contributed by atoms with van der Waals surface area (Å²) in [6.07, 6.45) is 0. The summed E-state index contributed by atoms with van der Waals surface area (Å²) in [5.41, 5.74) is 4.40. The third-order valence-electron chi connectivity index (χ3n) is 3.14. The van der Waals surface area contributed by atoms with Crippen molar-refractivity contribution in [3.8, 4) is 11.3 Å². The summed E-state index contributed by atoms with van der Waals surface area (Å²) in [6, 6.07) is 14.3. The lowest BCUT2D eigenvalue weighted by atomic mass is 10.0. The first-order valence-electron chi connectivity index (χ1n) is 6.15. The first kappa shape index (κ1) is 12.1. The maximum Gasteiger partial charge on any atom is 0.159 e. The molecule has 3 aromatic rings. The summed E-state index contributed by atoms with van der Waals surface area (Å²) < 4.78 is 0. The van der Waals surface area contributed by atoms with Crippen molar-refractivity contribution < 1.29 is 0 Å². The normalized spacial score (nSPS) is 10.9. The van der Waals surface area contributed by atoms with Gasteiger partial charge in [0.05, 0.1) is 0 Å². The summed E-state index contributed by atoms with van der Waals surface area (Å²) in [5.74, 6) is 0. The van der Waals surface area contributed by atoms with E-state index < -0.39 is 0 Å². The Morgan fingerprint density at radius 2 is 1.47 bits per heavy atom. The van der Waals surface area contributed by atoms with E-state index in [4.69, 9.17) is 11.6 Å². The Morgan fingerprint density at radius 1 is 0.842 bits per heavy atom. The molecule has 0 unspecified atom stereocenters. The first-order chi connectivity index (χ1) is 9.15. The summed E-state index contributed by atoms with van der Waals surface area (Å²) in [5, 5.41) is 10.8. The van der Waals surface area contributed by atoms with Gasteiger partial charge in [-0.25, -0.2) is 0 Å². The van der Waals surface area contributed by atoms with Gasteiger partial charge in [0.15, 0.2) is 5.15 Å². The topological polar surface area (TPSA) is 25.8 Å². The highest BCUT2D eigenvalue weighted by Gasteiger charge is 2.09. The second-order valence-electron chi connectivity index (χ2n) is 4.76. The van der Waals surface area contributed by atoms with Crippen molar-refractivity contribution in [3.63, 3.8) is 0 Å². The summed E-state index contributed by atoms with van der Waals surface area (Å²) in [6.45, 7) is 4.17. The summed E-state index contributed by atoms with van der Waals surface area (Å²) >= 11 is 6.11. The van der Waals surface area contributed by atoms with Gasteiger partial charge in [0.1, 0.15) is 5.69 Å². The predicted octanol–water partition coefficient (Wildman–Crippen LogP) is 4.57. The molecule has 0 saturated carbocycles. The molecule has 0 spiro atoms. The van der Waals surface area contributed by atoms with Gasteiger partial charge in [0, 0.05) is 16.3 Å². The number of halogens is 1. The van der Waals surface area contributed by atoms with E-state index >= 15 is 0 Å². The number of nitrogens with zero attached hydrogens (tertiary/aromatic N) is 2. The van der Waals surface area contributed by atoms with Crippen LogP contribution in [0.15, 0.2) is 42.5 Å². The minimum atomic E-state index is 0.448. The van der Waals surface area contributed by atoms with Crippen LogP contribution < -0.4 is 0 Å². The zero-order chi connectivity index (χ0) is 13.4.